The van der Waals surface area contributed by atoms with E-state index in [0.717, 1.165) is 5.56 Å². The van der Waals surface area contributed by atoms with Gasteiger partial charge in [0.25, 0.3) is 0 Å². The van der Waals surface area contributed by atoms with Crippen LogP contribution < -0.4 is 19.7 Å². The third kappa shape index (κ3) is 5.04. The first-order valence-electron chi connectivity index (χ1n) is 9.72. The van der Waals surface area contributed by atoms with E-state index in [9.17, 15) is 10.1 Å². The molecule has 0 saturated heterocycles. The second-order valence-corrected chi connectivity index (χ2v) is 7.89. The number of anilines is 2. The Labute approximate surface area is 170 Å². The quantitative estimate of drug-likeness (QED) is 0.499. The Morgan fingerprint density at radius 3 is 2.48 bits per heavy atom. The van der Waals surface area contributed by atoms with Crippen LogP contribution in [0.1, 0.15) is 33.3 Å². The Morgan fingerprint density at radius 2 is 1.83 bits per heavy atom. The minimum absolute atomic E-state index is 0.102. The van der Waals surface area contributed by atoms with Crippen LogP contribution in [-0.2, 0) is 6.54 Å². The van der Waals surface area contributed by atoms with Gasteiger partial charge in [-0.05, 0) is 29.5 Å². The zero-order chi connectivity index (χ0) is 21.0. The van der Waals surface area contributed by atoms with Gasteiger partial charge in [-0.3, -0.25) is 10.1 Å². The lowest BCUT2D eigenvalue weighted by Crippen LogP contribution is -2.32. The lowest BCUT2D eigenvalue weighted by atomic mass is 10.1. The molecule has 2 aromatic rings. The molecular formula is C20H27N5O4. The molecule has 0 unspecified atom stereocenters. The summed E-state index contributed by atoms with van der Waals surface area (Å²) in [6.07, 6.45) is 1.37. The van der Waals surface area contributed by atoms with Gasteiger partial charge in [-0.15, -0.1) is 0 Å². The van der Waals surface area contributed by atoms with Gasteiger partial charge in [0.05, 0.1) is 4.92 Å². The number of ether oxygens (including phenoxy) is 2. The Balaban J connectivity index is 1.86. The second-order valence-electron chi connectivity index (χ2n) is 7.89. The Morgan fingerprint density at radius 1 is 1.14 bits per heavy atom. The lowest BCUT2D eigenvalue weighted by molar-refractivity contribution is -0.383. The van der Waals surface area contributed by atoms with E-state index < -0.39 is 4.92 Å². The van der Waals surface area contributed by atoms with E-state index in [1.54, 1.807) is 0 Å². The van der Waals surface area contributed by atoms with Gasteiger partial charge in [-0.2, -0.15) is 0 Å². The summed E-state index contributed by atoms with van der Waals surface area (Å²) in [6, 6.07) is 5.57. The summed E-state index contributed by atoms with van der Waals surface area (Å²) in [5.41, 5.74) is 0.805. The summed E-state index contributed by atoms with van der Waals surface area (Å²) in [4.78, 5) is 21.9. The molecule has 0 atom stereocenters. The van der Waals surface area contributed by atoms with Crippen molar-refractivity contribution in [1.82, 2.24) is 9.97 Å². The average molecular weight is 401 g/mol. The summed E-state index contributed by atoms with van der Waals surface area (Å²) in [5, 5.41) is 15.0. The smallest absolute Gasteiger partial charge is 0.353 e. The van der Waals surface area contributed by atoms with E-state index in [1.807, 2.05) is 23.1 Å². The maximum atomic E-state index is 11.9. The SMILES string of the molecule is CC(C)CN(CC(C)C)c1ncnc(NCc2ccc3c(c2)OCO3)c1[N+](=O)[O-]. The number of benzene rings is 1. The first-order chi connectivity index (χ1) is 13.8. The molecule has 1 aromatic carbocycles. The fourth-order valence-electron chi connectivity index (χ4n) is 3.26. The molecule has 3 rings (SSSR count). The number of nitrogens with zero attached hydrogens (tertiary/aromatic N) is 4. The van der Waals surface area contributed by atoms with Crippen molar-refractivity contribution in [3.05, 3.63) is 40.2 Å². The molecule has 0 saturated carbocycles. The molecule has 2 heterocycles. The highest BCUT2D eigenvalue weighted by Crippen LogP contribution is 2.35. The number of hydrogen-bond donors (Lipinski definition) is 1. The summed E-state index contributed by atoms with van der Waals surface area (Å²) >= 11 is 0. The summed E-state index contributed by atoms with van der Waals surface area (Å²) in [5.74, 6) is 2.60. The van der Waals surface area contributed by atoms with Crippen LogP contribution in [0.5, 0.6) is 11.5 Å². The average Bonchev–Trinajstić information content (AvgIpc) is 3.12. The van der Waals surface area contributed by atoms with Crippen LogP contribution in [0.15, 0.2) is 24.5 Å². The fraction of sp³-hybridized carbons (Fsp3) is 0.500. The molecule has 156 valence electrons. The predicted molar refractivity (Wildman–Crippen MR) is 110 cm³/mol. The molecule has 0 aliphatic carbocycles. The molecule has 9 nitrogen and oxygen atoms in total. The highest BCUT2D eigenvalue weighted by molar-refractivity contribution is 5.70. The highest BCUT2D eigenvalue weighted by Gasteiger charge is 2.28. The minimum atomic E-state index is -0.412. The number of nitrogens with one attached hydrogen (secondary N) is 1. The summed E-state index contributed by atoms with van der Waals surface area (Å²) in [6.45, 7) is 10.3. The van der Waals surface area contributed by atoms with E-state index in [0.29, 0.717) is 48.8 Å². The van der Waals surface area contributed by atoms with Crippen LogP contribution in [0.3, 0.4) is 0 Å². The van der Waals surface area contributed by atoms with Gasteiger partial charge >= 0.3 is 5.69 Å². The first kappa shape index (κ1) is 20.6. The van der Waals surface area contributed by atoms with Gasteiger partial charge < -0.3 is 19.7 Å². The summed E-state index contributed by atoms with van der Waals surface area (Å²) in [7, 11) is 0. The van der Waals surface area contributed by atoms with Gasteiger partial charge in [0.1, 0.15) is 6.33 Å². The minimum Gasteiger partial charge on any atom is -0.454 e. The monoisotopic (exact) mass is 401 g/mol. The van der Waals surface area contributed by atoms with E-state index in [-0.39, 0.29) is 18.3 Å². The standard InChI is InChI=1S/C20H27N5O4/c1-13(2)9-24(10-14(3)4)20-18(25(26)27)19(22-11-23-20)21-8-15-5-6-16-17(7-15)29-12-28-16/h5-7,11,13-14H,8-10,12H2,1-4H3,(H,21,22,23). The van der Waals surface area contributed by atoms with Crippen LogP contribution >= 0.6 is 0 Å². The van der Waals surface area contributed by atoms with E-state index in [2.05, 4.69) is 43.0 Å². The number of rotatable bonds is 9. The first-order valence-corrected chi connectivity index (χ1v) is 9.72. The summed E-state index contributed by atoms with van der Waals surface area (Å²) < 4.78 is 10.7. The Hall–Kier alpha value is -3.10. The van der Waals surface area contributed by atoms with E-state index in [4.69, 9.17) is 9.47 Å². The van der Waals surface area contributed by atoms with Gasteiger partial charge in [0.2, 0.25) is 18.4 Å². The van der Waals surface area contributed by atoms with Crippen molar-refractivity contribution in [2.75, 3.05) is 30.1 Å². The van der Waals surface area contributed by atoms with Crippen molar-refractivity contribution in [2.45, 2.75) is 34.2 Å². The topological polar surface area (TPSA) is 103 Å². The van der Waals surface area contributed by atoms with Crippen LogP contribution in [0.2, 0.25) is 0 Å². The van der Waals surface area contributed by atoms with Gasteiger partial charge in [-0.1, -0.05) is 33.8 Å². The van der Waals surface area contributed by atoms with E-state index >= 15 is 0 Å². The maximum absolute atomic E-state index is 11.9. The zero-order valence-corrected chi connectivity index (χ0v) is 17.2. The maximum Gasteiger partial charge on any atom is 0.353 e. The largest absolute Gasteiger partial charge is 0.454 e. The molecule has 1 N–H and O–H groups in total. The molecule has 29 heavy (non-hydrogen) atoms. The van der Waals surface area contributed by atoms with Crippen LogP contribution in [-0.4, -0.2) is 34.8 Å². The number of nitro groups is 1. The third-order valence-corrected chi connectivity index (χ3v) is 4.35. The molecule has 0 spiro atoms. The van der Waals surface area contributed by atoms with Crippen molar-refractivity contribution < 1.29 is 14.4 Å². The molecule has 0 amide bonds. The van der Waals surface area contributed by atoms with Crippen molar-refractivity contribution in [1.29, 1.82) is 0 Å². The highest BCUT2D eigenvalue weighted by atomic mass is 16.7. The Kier molecular flexibility index (Phi) is 6.36. The predicted octanol–water partition coefficient (Wildman–Crippen LogP) is 3.84. The lowest BCUT2D eigenvalue weighted by Gasteiger charge is -2.27. The molecule has 9 heteroatoms. The van der Waals surface area contributed by atoms with Crippen LogP contribution in [0.4, 0.5) is 17.3 Å². The van der Waals surface area contributed by atoms with Crippen molar-refractivity contribution in [2.24, 2.45) is 11.8 Å². The van der Waals surface area contributed by atoms with Crippen molar-refractivity contribution in [3.63, 3.8) is 0 Å². The van der Waals surface area contributed by atoms with Crippen molar-refractivity contribution >= 4 is 17.3 Å². The van der Waals surface area contributed by atoms with Gasteiger partial charge in [-0.25, -0.2) is 9.97 Å². The van der Waals surface area contributed by atoms with Crippen LogP contribution in [0, 0.1) is 22.0 Å². The molecular weight excluding hydrogens is 374 g/mol. The van der Waals surface area contributed by atoms with Gasteiger partial charge in [0, 0.05) is 19.6 Å². The molecule has 0 bridgehead atoms. The fourth-order valence-corrected chi connectivity index (χ4v) is 3.26. The molecule has 1 aromatic heterocycles. The number of aromatic nitrogens is 2. The molecule has 0 radical (unpaired) electrons. The van der Waals surface area contributed by atoms with Crippen LogP contribution in [0.25, 0.3) is 0 Å². The third-order valence-electron chi connectivity index (χ3n) is 4.35. The second kappa shape index (κ2) is 8.93. The molecule has 1 aliphatic rings. The zero-order valence-electron chi connectivity index (χ0n) is 17.2. The van der Waals surface area contributed by atoms with E-state index in [1.165, 1.54) is 6.33 Å². The number of hydrogen-bond acceptors (Lipinski definition) is 8. The molecule has 0 fully saturated rings. The van der Waals surface area contributed by atoms with Crippen molar-refractivity contribution in [3.8, 4) is 11.5 Å². The Bertz CT molecular complexity index is 862. The normalized spacial score (nSPS) is 12.5. The van der Waals surface area contributed by atoms with Gasteiger partial charge in [0.15, 0.2) is 11.5 Å². The molecule has 1 aliphatic heterocycles. The number of fused-ring (bicyclic) bond motifs is 1.